The lowest BCUT2D eigenvalue weighted by Gasteiger charge is -2.16. The largest absolute Gasteiger partial charge is 0.495 e. The second kappa shape index (κ2) is 5.82. The third kappa shape index (κ3) is 3.31. The molecule has 0 spiro atoms. The molecule has 90 valence electrons. The van der Waals surface area contributed by atoms with Gasteiger partial charge in [-0.2, -0.15) is 0 Å². The summed E-state index contributed by atoms with van der Waals surface area (Å²) in [5.41, 5.74) is 0.577. The van der Waals surface area contributed by atoms with Crippen molar-refractivity contribution in [2.45, 2.75) is 19.4 Å². The molecule has 0 heterocycles. The number of halogens is 4. The summed E-state index contributed by atoms with van der Waals surface area (Å²) in [4.78, 5) is 0. The van der Waals surface area contributed by atoms with Crippen LogP contribution in [-0.2, 0) is 0 Å². The summed E-state index contributed by atoms with van der Waals surface area (Å²) in [6.45, 7) is 1.42. The van der Waals surface area contributed by atoms with Crippen molar-refractivity contribution in [3.05, 3.63) is 21.1 Å². The molecule has 0 aliphatic carbocycles. The first-order chi connectivity index (χ1) is 7.45. The number of hydrogen-bond donors (Lipinski definition) is 1. The number of nitrogens with one attached hydrogen (secondary N) is 1. The molecular formula is C10H11Br2F2NO. The van der Waals surface area contributed by atoms with E-state index in [0.717, 1.165) is 4.47 Å². The number of hydrogen-bond acceptors (Lipinski definition) is 2. The number of methoxy groups -OCH3 is 1. The van der Waals surface area contributed by atoms with Crippen LogP contribution in [0.5, 0.6) is 5.75 Å². The van der Waals surface area contributed by atoms with Gasteiger partial charge in [-0.3, -0.25) is 0 Å². The number of benzene rings is 1. The topological polar surface area (TPSA) is 21.3 Å². The first-order valence-electron chi connectivity index (χ1n) is 4.53. The van der Waals surface area contributed by atoms with Crippen LogP contribution in [0.15, 0.2) is 21.1 Å². The van der Waals surface area contributed by atoms with E-state index in [2.05, 4.69) is 37.2 Å². The molecule has 0 radical (unpaired) electrons. The van der Waals surface area contributed by atoms with E-state index < -0.39 is 12.5 Å². The number of ether oxygens (including phenoxy) is 1. The highest BCUT2D eigenvalue weighted by Crippen LogP contribution is 2.35. The Morgan fingerprint density at radius 1 is 1.25 bits per heavy atom. The van der Waals surface area contributed by atoms with Crippen LogP contribution in [-0.4, -0.2) is 19.6 Å². The summed E-state index contributed by atoms with van der Waals surface area (Å²) in [6.07, 6.45) is -2.42. The van der Waals surface area contributed by atoms with Gasteiger partial charge in [-0.05, 0) is 44.8 Å². The predicted octanol–water partition coefficient (Wildman–Crippen LogP) is 4.29. The number of anilines is 1. The van der Waals surface area contributed by atoms with Crippen LogP contribution >= 0.6 is 31.9 Å². The van der Waals surface area contributed by atoms with Gasteiger partial charge in [-0.25, -0.2) is 8.78 Å². The van der Waals surface area contributed by atoms with E-state index in [-0.39, 0.29) is 0 Å². The van der Waals surface area contributed by atoms with E-state index in [1.54, 1.807) is 12.1 Å². The highest BCUT2D eigenvalue weighted by Gasteiger charge is 2.16. The molecular weight excluding hydrogens is 348 g/mol. The third-order valence-corrected chi connectivity index (χ3v) is 3.28. The van der Waals surface area contributed by atoms with Gasteiger partial charge in [0.25, 0.3) is 6.43 Å². The van der Waals surface area contributed by atoms with Crippen molar-refractivity contribution < 1.29 is 13.5 Å². The van der Waals surface area contributed by atoms with Crippen molar-refractivity contribution in [3.63, 3.8) is 0 Å². The molecule has 1 aromatic carbocycles. The maximum absolute atomic E-state index is 12.4. The zero-order chi connectivity index (χ0) is 12.3. The Hall–Kier alpha value is -0.360. The average molecular weight is 359 g/mol. The van der Waals surface area contributed by atoms with E-state index in [9.17, 15) is 8.78 Å². The molecule has 1 unspecified atom stereocenters. The quantitative estimate of drug-likeness (QED) is 0.867. The van der Waals surface area contributed by atoms with Gasteiger partial charge in [-0.1, -0.05) is 0 Å². The van der Waals surface area contributed by atoms with Crippen LogP contribution in [0.3, 0.4) is 0 Å². The molecule has 16 heavy (non-hydrogen) atoms. The first-order valence-corrected chi connectivity index (χ1v) is 6.12. The molecule has 0 aromatic heterocycles. The minimum Gasteiger partial charge on any atom is -0.495 e. The summed E-state index contributed by atoms with van der Waals surface area (Å²) in [5.74, 6) is 0.590. The molecule has 1 atom stereocenters. The average Bonchev–Trinajstić information content (AvgIpc) is 2.21. The van der Waals surface area contributed by atoms with Crippen LogP contribution in [0.25, 0.3) is 0 Å². The standard InChI is InChI=1S/C10H11Br2F2NO/c1-5(10(13)14)15-8-4-9(16-2)7(12)3-6(8)11/h3-5,10,15H,1-2H3. The fourth-order valence-electron chi connectivity index (χ4n) is 1.10. The predicted molar refractivity (Wildman–Crippen MR) is 67.5 cm³/mol. The normalized spacial score (nSPS) is 12.7. The maximum Gasteiger partial charge on any atom is 0.258 e. The second-order valence-corrected chi connectivity index (χ2v) is 4.94. The molecule has 0 aliphatic heterocycles. The minimum atomic E-state index is -2.42. The fraction of sp³-hybridized carbons (Fsp3) is 0.400. The molecule has 0 fully saturated rings. The van der Waals surface area contributed by atoms with Crippen LogP contribution in [0.4, 0.5) is 14.5 Å². The fourth-order valence-corrected chi connectivity index (χ4v) is 2.37. The summed E-state index contributed by atoms with van der Waals surface area (Å²) < 4.78 is 31.3. The zero-order valence-electron chi connectivity index (χ0n) is 8.73. The molecule has 0 aliphatic rings. The van der Waals surface area contributed by atoms with Crippen molar-refractivity contribution in [2.24, 2.45) is 0 Å². The molecule has 1 N–H and O–H groups in total. The smallest absolute Gasteiger partial charge is 0.258 e. The monoisotopic (exact) mass is 357 g/mol. The summed E-state index contributed by atoms with van der Waals surface area (Å²) in [7, 11) is 1.52. The Morgan fingerprint density at radius 3 is 2.38 bits per heavy atom. The molecule has 2 nitrogen and oxygen atoms in total. The Labute approximate surface area is 110 Å². The van der Waals surface area contributed by atoms with Crippen LogP contribution in [0.2, 0.25) is 0 Å². The third-order valence-electron chi connectivity index (χ3n) is 2.00. The number of alkyl halides is 2. The first kappa shape index (κ1) is 13.7. The van der Waals surface area contributed by atoms with Gasteiger partial charge in [0.15, 0.2) is 0 Å². The van der Waals surface area contributed by atoms with Gasteiger partial charge in [0.2, 0.25) is 0 Å². The van der Waals surface area contributed by atoms with Gasteiger partial charge < -0.3 is 10.1 Å². The minimum absolute atomic E-state index is 0.577. The van der Waals surface area contributed by atoms with E-state index >= 15 is 0 Å². The lowest BCUT2D eigenvalue weighted by molar-refractivity contribution is 0.130. The van der Waals surface area contributed by atoms with Gasteiger partial charge >= 0.3 is 0 Å². The van der Waals surface area contributed by atoms with Crippen molar-refractivity contribution in [2.75, 3.05) is 12.4 Å². The van der Waals surface area contributed by atoms with E-state index in [4.69, 9.17) is 4.74 Å². The van der Waals surface area contributed by atoms with Crippen LogP contribution in [0.1, 0.15) is 6.92 Å². The SMILES string of the molecule is COc1cc(NC(C)C(F)F)c(Br)cc1Br. The highest BCUT2D eigenvalue weighted by atomic mass is 79.9. The lowest BCUT2D eigenvalue weighted by Crippen LogP contribution is -2.23. The van der Waals surface area contributed by atoms with Crippen LogP contribution in [0, 0.1) is 0 Å². The molecule has 0 bridgehead atoms. The molecule has 0 saturated heterocycles. The summed E-state index contributed by atoms with van der Waals surface area (Å²) >= 11 is 6.60. The molecule has 0 saturated carbocycles. The van der Waals surface area contributed by atoms with Gasteiger partial charge in [0, 0.05) is 10.5 Å². The van der Waals surface area contributed by atoms with E-state index in [1.807, 2.05) is 0 Å². The van der Waals surface area contributed by atoms with Crippen molar-refractivity contribution in [1.82, 2.24) is 0 Å². The van der Waals surface area contributed by atoms with E-state index in [1.165, 1.54) is 14.0 Å². The van der Waals surface area contributed by atoms with Crippen molar-refractivity contribution in [1.29, 1.82) is 0 Å². The Balaban J connectivity index is 2.96. The lowest BCUT2D eigenvalue weighted by atomic mass is 10.2. The molecule has 1 rings (SSSR count). The van der Waals surface area contributed by atoms with Crippen molar-refractivity contribution >= 4 is 37.5 Å². The highest BCUT2D eigenvalue weighted by molar-refractivity contribution is 9.11. The Kier molecular flexibility index (Phi) is 4.98. The Bertz CT molecular complexity index is 374. The van der Waals surface area contributed by atoms with E-state index in [0.29, 0.717) is 15.9 Å². The zero-order valence-corrected chi connectivity index (χ0v) is 11.9. The number of rotatable bonds is 4. The molecule has 0 amide bonds. The van der Waals surface area contributed by atoms with Gasteiger partial charge in [-0.15, -0.1) is 0 Å². The van der Waals surface area contributed by atoms with Crippen LogP contribution < -0.4 is 10.1 Å². The molecule has 1 aromatic rings. The maximum atomic E-state index is 12.4. The van der Waals surface area contributed by atoms with Crippen molar-refractivity contribution in [3.8, 4) is 5.75 Å². The van der Waals surface area contributed by atoms with Gasteiger partial charge in [0.05, 0.1) is 23.3 Å². The summed E-state index contributed by atoms with van der Waals surface area (Å²) in [6, 6.07) is 2.49. The summed E-state index contributed by atoms with van der Waals surface area (Å²) in [5, 5.41) is 2.71. The second-order valence-electron chi connectivity index (χ2n) is 3.23. The van der Waals surface area contributed by atoms with Gasteiger partial charge in [0.1, 0.15) is 5.75 Å². The molecule has 6 heteroatoms. The Morgan fingerprint density at radius 2 is 1.88 bits per heavy atom.